The van der Waals surface area contributed by atoms with Crippen LogP contribution in [-0.2, 0) is 9.59 Å². The number of benzene rings is 2. The van der Waals surface area contributed by atoms with Gasteiger partial charge in [0, 0.05) is 0 Å². The summed E-state index contributed by atoms with van der Waals surface area (Å²) in [6, 6.07) is 16.9. The number of nitrogens with one attached hydrogen (secondary N) is 1. The van der Waals surface area contributed by atoms with Gasteiger partial charge in [-0.3, -0.25) is 14.5 Å². The van der Waals surface area contributed by atoms with Crippen molar-refractivity contribution in [3.05, 3.63) is 60.2 Å². The molecular formula is C20H21N3O3. The number of para-hydroxylation sites is 2. The van der Waals surface area contributed by atoms with Crippen LogP contribution in [0.2, 0.25) is 0 Å². The number of hydrazone groups is 1. The minimum atomic E-state index is -0.348. The first-order chi connectivity index (χ1) is 12.7. The van der Waals surface area contributed by atoms with E-state index >= 15 is 0 Å². The van der Waals surface area contributed by atoms with Crippen molar-refractivity contribution in [2.45, 2.75) is 19.8 Å². The van der Waals surface area contributed by atoms with E-state index in [1.54, 1.807) is 18.2 Å². The standard InChI is InChI=1S/C20H21N3O3/c1-2-8-16(15-9-4-3-5-10-15)21-22-19(24)13-23-17-11-6-7-12-18(17)26-14-20(23)25/h3-7,9-12H,2,8,13-14H2,1H3,(H,22,24)/b21-16-. The van der Waals surface area contributed by atoms with Crippen LogP contribution >= 0.6 is 0 Å². The number of amides is 2. The number of fused-ring (bicyclic) bond motifs is 1. The van der Waals surface area contributed by atoms with E-state index in [1.165, 1.54) is 4.90 Å². The van der Waals surface area contributed by atoms with Crippen molar-refractivity contribution < 1.29 is 14.3 Å². The second kappa shape index (κ2) is 8.29. The number of ether oxygens (including phenoxy) is 1. The molecule has 0 saturated carbocycles. The Morgan fingerprint density at radius 2 is 1.88 bits per heavy atom. The third-order valence-corrected chi connectivity index (χ3v) is 4.02. The van der Waals surface area contributed by atoms with E-state index in [2.05, 4.69) is 17.5 Å². The molecule has 1 aliphatic heterocycles. The molecule has 26 heavy (non-hydrogen) atoms. The Balaban J connectivity index is 1.71. The van der Waals surface area contributed by atoms with Crippen LogP contribution in [0.5, 0.6) is 5.75 Å². The van der Waals surface area contributed by atoms with Gasteiger partial charge in [-0.25, -0.2) is 5.43 Å². The first-order valence-electron chi connectivity index (χ1n) is 8.62. The van der Waals surface area contributed by atoms with E-state index in [0.717, 1.165) is 24.1 Å². The Labute approximate surface area is 152 Å². The van der Waals surface area contributed by atoms with Crippen molar-refractivity contribution in [1.82, 2.24) is 5.43 Å². The van der Waals surface area contributed by atoms with E-state index in [9.17, 15) is 9.59 Å². The topological polar surface area (TPSA) is 71.0 Å². The Bertz CT molecular complexity index is 818. The molecule has 0 radical (unpaired) electrons. The minimum absolute atomic E-state index is 0.0708. The molecule has 0 saturated heterocycles. The third kappa shape index (κ3) is 4.08. The highest BCUT2D eigenvalue weighted by Gasteiger charge is 2.26. The van der Waals surface area contributed by atoms with Crippen LogP contribution in [0, 0.1) is 0 Å². The zero-order valence-electron chi connectivity index (χ0n) is 14.6. The molecular weight excluding hydrogens is 330 g/mol. The molecule has 0 unspecified atom stereocenters. The van der Waals surface area contributed by atoms with Gasteiger partial charge < -0.3 is 4.74 Å². The molecule has 0 aromatic heterocycles. The first-order valence-corrected chi connectivity index (χ1v) is 8.62. The molecule has 1 heterocycles. The lowest BCUT2D eigenvalue weighted by atomic mass is 10.1. The fourth-order valence-corrected chi connectivity index (χ4v) is 2.77. The van der Waals surface area contributed by atoms with Crippen molar-refractivity contribution >= 4 is 23.2 Å². The molecule has 6 nitrogen and oxygen atoms in total. The molecule has 0 fully saturated rings. The number of rotatable bonds is 6. The largest absolute Gasteiger partial charge is 0.482 e. The Kier molecular flexibility index (Phi) is 5.63. The quantitative estimate of drug-likeness (QED) is 0.642. The van der Waals surface area contributed by atoms with E-state index in [4.69, 9.17) is 4.74 Å². The summed E-state index contributed by atoms with van der Waals surface area (Å²) in [4.78, 5) is 25.9. The molecule has 0 bridgehead atoms. The minimum Gasteiger partial charge on any atom is -0.482 e. The Morgan fingerprint density at radius 3 is 2.65 bits per heavy atom. The van der Waals surface area contributed by atoms with Crippen molar-refractivity contribution in [2.24, 2.45) is 5.10 Å². The van der Waals surface area contributed by atoms with E-state index in [1.807, 2.05) is 36.4 Å². The molecule has 2 amide bonds. The van der Waals surface area contributed by atoms with Gasteiger partial charge in [0.25, 0.3) is 11.8 Å². The fourth-order valence-electron chi connectivity index (χ4n) is 2.77. The van der Waals surface area contributed by atoms with Gasteiger partial charge in [-0.1, -0.05) is 55.8 Å². The molecule has 0 spiro atoms. The highest BCUT2D eigenvalue weighted by molar-refractivity contribution is 6.03. The Hall–Kier alpha value is -3.15. The summed E-state index contributed by atoms with van der Waals surface area (Å²) in [6.07, 6.45) is 1.67. The van der Waals surface area contributed by atoms with Crippen LogP contribution in [0.4, 0.5) is 5.69 Å². The summed E-state index contributed by atoms with van der Waals surface area (Å²) in [7, 11) is 0. The van der Waals surface area contributed by atoms with Crippen molar-refractivity contribution in [1.29, 1.82) is 0 Å². The first kappa shape index (κ1) is 17.7. The highest BCUT2D eigenvalue weighted by Crippen LogP contribution is 2.31. The lowest BCUT2D eigenvalue weighted by molar-refractivity contribution is -0.125. The van der Waals surface area contributed by atoms with Gasteiger partial charge in [-0.2, -0.15) is 5.10 Å². The predicted molar refractivity (Wildman–Crippen MR) is 100 cm³/mol. The van der Waals surface area contributed by atoms with Crippen molar-refractivity contribution in [3.8, 4) is 5.75 Å². The van der Waals surface area contributed by atoms with Crippen molar-refractivity contribution in [3.63, 3.8) is 0 Å². The number of carbonyl (C=O) groups is 2. The number of anilines is 1. The van der Waals surface area contributed by atoms with Gasteiger partial charge in [0.2, 0.25) is 0 Å². The van der Waals surface area contributed by atoms with E-state index < -0.39 is 0 Å². The van der Waals surface area contributed by atoms with Crippen LogP contribution in [0.15, 0.2) is 59.7 Å². The van der Waals surface area contributed by atoms with Gasteiger partial charge in [0.1, 0.15) is 12.3 Å². The van der Waals surface area contributed by atoms with Crippen LogP contribution < -0.4 is 15.1 Å². The third-order valence-electron chi connectivity index (χ3n) is 4.02. The van der Waals surface area contributed by atoms with Gasteiger partial charge in [0.05, 0.1) is 11.4 Å². The maximum Gasteiger partial charge on any atom is 0.265 e. The zero-order valence-corrected chi connectivity index (χ0v) is 14.6. The molecule has 2 aromatic rings. The summed E-state index contributed by atoms with van der Waals surface area (Å²) in [5, 5.41) is 4.28. The molecule has 6 heteroatoms. The molecule has 134 valence electrons. The molecule has 0 atom stereocenters. The normalized spacial score (nSPS) is 13.8. The van der Waals surface area contributed by atoms with Crippen molar-refractivity contribution in [2.75, 3.05) is 18.1 Å². The van der Waals surface area contributed by atoms with E-state index in [0.29, 0.717) is 11.4 Å². The van der Waals surface area contributed by atoms with Crippen LogP contribution in [0.3, 0.4) is 0 Å². The van der Waals surface area contributed by atoms with Gasteiger partial charge in [-0.15, -0.1) is 0 Å². The number of carbonyl (C=O) groups excluding carboxylic acids is 2. The monoisotopic (exact) mass is 351 g/mol. The maximum atomic E-state index is 12.4. The van der Waals surface area contributed by atoms with Gasteiger partial charge >= 0.3 is 0 Å². The van der Waals surface area contributed by atoms with Crippen LogP contribution in [-0.4, -0.2) is 30.7 Å². The molecule has 0 aliphatic carbocycles. The smallest absolute Gasteiger partial charge is 0.265 e. The second-order valence-electron chi connectivity index (χ2n) is 5.95. The van der Waals surface area contributed by atoms with Gasteiger partial charge in [-0.05, 0) is 24.1 Å². The second-order valence-corrected chi connectivity index (χ2v) is 5.95. The summed E-state index contributed by atoms with van der Waals surface area (Å²) in [5.41, 5.74) is 4.97. The summed E-state index contributed by atoms with van der Waals surface area (Å²) in [6.45, 7) is 1.89. The lowest BCUT2D eigenvalue weighted by Gasteiger charge is -2.28. The maximum absolute atomic E-state index is 12.4. The fraction of sp³-hybridized carbons (Fsp3) is 0.250. The van der Waals surface area contributed by atoms with E-state index in [-0.39, 0.29) is 25.0 Å². The van der Waals surface area contributed by atoms with Crippen LogP contribution in [0.25, 0.3) is 0 Å². The van der Waals surface area contributed by atoms with Gasteiger partial charge in [0.15, 0.2) is 6.61 Å². The zero-order chi connectivity index (χ0) is 18.4. The average molecular weight is 351 g/mol. The lowest BCUT2D eigenvalue weighted by Crippen LogP contribution is -2.44. The molecule has 1 N–H and O–H groups in total. The molecule has 2 aromatic carbocycles. The average Bonchev–Trinajstić information content (AvgIpc) is 2.68. The van der Waals surface area contributed by atoms with Crippen LogP contribution in [0.1, 0.15) is 25.3 Å². The number of nitrogens with zero attached hydrogens (tertiary/aromatic N) is 2. The highest BCUT2D eigenvalue weighted by atomic mass is 16.5. The number of hydrogen-bond donors (Lipinski definition) is 1. The predicted octanol–water partition coefficient (Wildman–Crippen LogP) is 2.73. The molecule has 3 rings (SSSR count). The molecule has 1 aliphatic rings. The summed E-state index contributed by atoms with van der Waals surface area (Å²) >= 11 is 0. The summed E-state index contributed by atoms with van der Waals surface area (Å²) in [5.74, 6) is -0.00128. The number of hydrogen-bond acceptors (Lipinski definition) is 4. The summed E-state index contributed by atoms with van der Waals surface area (Å²) < 4.78 is 5.39. The Morgan fingerprint density at radius 1 is 1.15 bits per heavy atom. The SMILES string of the molecule is CCC/C(=N/NC(=O)CN1C(=O)COc2ccccc21)c1ccccc1.